The number of rotatable bonds is 1. The highest BCUT2D eigenvalue weighted by Gasteiger charge is 2.21. The summed E-state index contributed by atoms with van der Waals surface area (Å²) in [5, 5.41) is 2.69. The molecule has 0 spiro atoms. The normalized spacial score (nSPS) is 11.9. The van der Waals surface area contributed by atoms with E-state index in [4.69, 9.17) is 0 Å². The number of benzene rings is 2. The van der Waals surface area contributed by atoms with Gasteiger partial charge in [-0.15, -0.1) is 0 Å². The summed E-state index contributed by atoms with van der Waals surface area (Å²) in [7, 11) is 2.05. The molecule has 2 nitrogen and oxygen atoms in total. The minimum absolute atomic E-state index is 0.105. The number of hydrogen-bond acceptors (Lipinski definition) is 1. The molecule has 0 N–H and O–H groups in total. The van der Waals surface area contributed by atoms with Gasteiger partial charge >= 0.3 is 0 Å². The highest BCUT2D eigenvalue weighted by molar-refractivity contribution is 5.94. The first-order valence-electron chi connectivity index (χ1n) is 7.72. The van der Waals surface area contributed by atoms with Gasteiger partial charge in [0.05, 0.1) is 7.05 Å². The van der Waals surface area contributed by atoms with E-state index < -0.39 is 0 Å². The minimum atomic E-state index is 0.105. The zero-order valence-electron chi connectivity index (χ0n) is 14.0. The van der Waals surface area contributed by atoms with Crippen molar-refractivity contribution in [3.8, 4) is 11.3 Å². The molecule has 0 fully saturated rings. The summed E-state index contributed by atoms with van der Waals surface area (Å²) in [5.74, 6) is 0. The van der Waals surface area contributed by atoms with Gasteiger partial charge in [0, 0.05) is 11.6 Å². The van der Waals surface area contributed by atoms with Crippen LogP contribution < -0.4 is 4.57 Å². The molecule has 0 radical (unpaired) electrons. The zero-order valence-corrected chi connectivity index (χ0v) is 14.0. The maximum Gasteiger partial charge on any atom is 0.286 e. The number of nitrogens with zero attached hydrogens (tertiary/aromatic N) is 2. The van der Waals surface area contributed by atoms with Crippen LogP contribution >= 0.6 is 0 Å². The summed E-state index contributed by atoms with van der Waals surface area (Å²) >= 11 is 0. The largest absolute Gasteiger partial charge is 0.286 e. The lowest BCUT2D eigenvalue weighted by Gasteiger charge is -2.24. The molecule has 1 heterocycles. The fourth-order valence-corrected chi connectivity index (χ4v) is 3.12. The maximum absolute atomic E-state index is 4.20. The molecule has 0 bridgehead atoms. The van der Waals surface area contributed by atoms with Crippen molar-refractivity contribution in [2.24, 2.45) is 7.05 Å². The molecule has 2 heteroatoms. The predicted octanol–water partition coefficient (Wildman–Crippen LogP) is 4.33. The zero-order chi connectivity index (χ0) is 15.9. The monoisotopic (exact) mass is 291 g/mol. The second-order valence-electron chi connectivity index (χ2n) is 6.97. The molecule has 3 aromatic rings. The first-order chi connectivity index (χ1) is 10.4. The van der Waals surface area contributed by atoms with E-state index in [9.17, 15) is 0 Å². The molecule has 0 saturated carbocycles. The van der Waals surface area contributed by atoms with Crippen LogP contribution in [0.2, 0.25) is 0 Å². The molecule has 0 unspecified atom stereocenters. The van der Waals surface area contributed by atoms with Crippen LogP contribution in [0, 0.1) is 6.92 Å². The van der Waals surface area contributed by atoms with Crippen LogP contribution in [0.25, 0.3) is 22.0 Å². The van der Waals surface area contributed by atoms with E-state index in [0.717, 1.165) is 0 Å². The molecule has 2 aromatic carbocycles. The molecular weight excluding hydrogens is 268 g/mol. The van der Waals surface area contributed by atoms with Crippen molar-refractivity contribution in [3.05, 3.63) is 60.0 Å². The van der Waals surface area contributed by atoms with Gasteiger partial charge < -0.3 is 0 Å². The van der Waals surface area contributed by atoms with Crippen LogP contribution in [0.4, 0.5) is 0 Å². The molecular formula is C20H23N2+. The summed E-state index contributed by atoms with van der Waals surface area (Å²) in [4.78, 5) is 4.20. The Kier molecular flexibility index (Phi) is 3.48. The van der Waals surface area contributed by atoms with E-state index in [0.29, 0.717) is 0 Å². The number of aryl methyl sites for hydroxylation is 2. The number of aromatic nitrogens is 2. The lowest BCUT2D eigenvalue weighted by Crippen LogP contribution is -2.31. The molecule has 1 aromatic heterocycles. The summed E-state index contributed by atoms with van der Waals surface area (Å²) < 4.78 is 2.09. The fourth-order valence-electron chi connectivity index (χ4n) is 3.12. The lowest BCUT2D eigenvalue weighted by atomic mass is 9.81. The van der Waals surface area contributed by atoms with E-state index in [1.54, 1.807) is 0 Å². The highest BCUT2D eigenvalue weighted by Crippen LogP contribution is 2.36. The Morgan fingerprint density at radius 1 is 1.00 bits per heavy atom. The smallest absolute Gasteiger partial charge is 0.233 e. The Balaban J connectivity index is 2.42. The third-order valence-electron chi connectivity index (χ3n) is 4.34. The number of hydrogen-bond donors (Lipinski definition) is 0. The molecule has 0 amide bonds. The van der Waals surface area contributed by atoms with Crippen LogP contribution in [-0.4, -0.2) is 4.98 Å². The SMILES string of the molecule is Cc1c(-c2ccnc[n+]2C)cc(C(C)(C)C)c2ccccc12. The summed E-state index contributed by atoms with van der Waals surface area (Å²) in [5.41, 5.74) is 5.30. The molecule has 0 saturated heterocycles. The van der Waals surface area contributed by atoms with E-state index in [-0.39, 0.29) is 5.41 Å². The van der Waals surface area contributed by atoms with Crippen molar-refractivity contribution < 1.29 is 4.57 Å². The van der Waals surface area contributed by atoms with E-state index in [2.05, 4.69) is 73.6 Å². The minimum Gasteiger partial charge on any atom is -0.233 e. The Morgan fingerprint density at radius 2 is 1.68 bits per heavy atom. The molecule has 3 rings (SSSR count). The van der Waals surface area contributed by atoms with Gasteiger partial charge in [0.2, 0.25) is 0 Å². The van der Waals surface area contributed by atoms with E-state index in [1.165, 1.54) is 33.2 Å². The first kappa shape index (κ1) is 14.7. The Bertz CT molecular complexity index is 842. The van der Waals surface area contributed by atoms with Crippen molar-refractivity contribution in [1.82, 2.24) is 4.98 Å². The van der Waals surface area contributed by atoms with Crippen LogP contribution in [0.1, 0.15) is 31.9 Å². The van der Waals surface area contributed by atoms with Crippen molar-refractivity contribution in [3.63, 3.8) is 0 Å². The standard InChI is InChI=1S/C20H23N2/c1-14-15-8-6-7-9-16(15)18(20(2,3)4)12-17(14)19-10-11-21-13-22(19)5/h6-13H,1-5H3/q+1. The van der Waals surface area contributed by atoms with E-state index in [1.807, 2.05) is 19.6 Å². The van der Waals surface area contributed by atoms with Crippen LogP contribution in [-0.2, 0) is 12.5 Å². The molecule has 112 valence electrons. The molecule has 0 aliphatic carbocycles. The van der Waals surface area contributed by atoms with Gasteiger partial charge in [-0.3, -0.25) is 0 Å². The average Bonchev–Trinajstić information content (AvgIpc) is 2.48. The van der Waals surface area contributed by atoms with Crippen LogP contribution in [0.5, 0.6) is 0 Å². The molecule has 0 atom stereocenters. The maximum atomic E-state index is 4.20. The van der Waals surface area contributed by atoms with Crippen molar-refractivity contribution in [2.75, 3.05) is 0 Å². The third kappa shape index (κ3) is 2.39. The second kappa shape index (κ2) is 5.20. The molecule has 0 aliphatic heterocycles. The highest BCUT2D eigenvalue weighted by atomic mass is 15.0. The molecule has 0 aliphatic rings. The van der Waals surface area contributed by atoms with Crippen molar-refractivity contribution in [1.29, 1.82) is 0 Å². The van der Waals surface area contributed by atoms with Crippen LogP contribution in [0.15, 0.2) is 48.9 Å². The second-order valence-corrected chi connectivity index (χ2v) is 6.97. The summed E-state index contributed by atoms with van der Waals surface area (Å²) in [6.07, 6.45) is 3.72. The fraction of sp³-hybridized carbons (Fsp3) is 0.300. The predicted molar refractivity (Wildman–Crippen MR) is 91.8 cm³/mol. The summed E-state index contributed by atoms with van der Waals surface area (Å²) in [6, 6.07) is 13.2. The van der Waals surface area contributed by atoms with Gasteiger partial charge in [-0.05, 0) is 40.3 Å². The Morgan fingerprint density at radius 3 is 2.32 bits per heavy atom. The topological polar surface area (TPSA) is 16.8 Å². The quantitative estimate of drug-likeness (QED) is 0.610. The van der Waals surface area contributed by atoms with Gasteiger partial charge in [-0.2, -0.15) is 0 Å². The number of fused-ring (bicyclic) bond motifs is 1. The van der Waals surface area contributed by atoms with Gasteiger partial charge in [-0.25, -0.2) is 4.57 Å². The van der Waals surface area contributed by atoms with Gasteiger partial charge in [-0.1, -0.05) is 50.0 Å². The van der Waals surface area contributed by atoms with Gasteiger partial charge in [0.25, 0.3) is 6.33 Å². The summed E-state index contributed by atoms with van der Waals surface area (Å²) in [6.45, 7) is 9.05. The average molecular weight is 291 g/mol. The lowest BCUT2D eigenvalue weighted by molar-refractivity contribution is -0.663. The van der Waals surface area contributed by atoms with Crippen molar-refractivity contribution >= 4 is 10.8 Å². The van der Waals surface area contributed by atoms with Crippen LogP contribution in [0.3, 0.4) is 0 Å². The Hall–Kier alpha value is -2.22. The van der Waals surface area contributed by atoms with Crippen molar-refractivity contribution in [2.45, 2.75) is 33.1 Å². The van der Waals surface area contributed by atoms with Gasteiger partial charge in [0.15, 0.2) is 0 Å². The Labute approximate surface area is 132 Å². The van der Waals surface area contributed by atoms with Gasteiger partial charge in [0.1, 0.15) is 11.9 Å². The first-order valence-corrected chi connectivity index (χ1v) is 7.72. The van der Waals surface area contributed by atoms with E-state index >= 15 is 0 Å². The third-order valence-corrected chi connectivity index (χ3v) is 4.34. The molecule has 22 heavy (non-hydrogen) atoms.